The molecule has 0 bridgehead atoms. The molecule has 3 aromatic carbocycles. The van der Waals surface area contributed by atoms with E-state index < -0.39 is 5.60 Å². The van der Waals surface area contributed by atoms with E-state index in [1.807, 2.05) is 91.9 Å². The summed E-state index contributed by atoms with van der Waals surface area (Å²) in [7, 11) is 0. The monoisotopic (exact) mass is 465 g/mol. The van der Waals surface area contributed by atoms with Crippen LogP contribution in [0.2, 0.25) is 0 Å². The van der Waals surface area contributed by atoms with Gasteiger partial charge in [0.25, 0.3) is 0 Å². The van der Waals surface area contributed by atoms with Gasteiger partial charge >= 0.3 is 0 Å². The minimum Gasteiger partial charge on any atom is -0.494 e. The average molecular weight is 466 g/mol. The SMILES string of the molecule is CCOc1ccc(C2=C(c3ccc(OCc4ccc5ccccc5n4)cc3)C(=O)C(C)(C)O2)cc1. The van der Waals surface area contributed by atoms with Crippen molar-refractivity contribution >= 4 is 28.0 Å². The van der Waals surface area contributed by atoms with Gasteiger partial charge in [-0.05, 0) is 74.9 Å². The molecule has 0 amide bonds. The number of Topliss-reactive ketones (excluding diaryl/α,β-unsaturated/α-hetero) is 1. The van der Waals surface area contributed by atoms with Crippen molar-refractivity contribution in [2.75, 3.05) is 6.61 Å². The Morgan fingerprint density at radius 1 is 0.800 bits per heavy atom. The number of ketones is 1. The lowest BCUT2D eigenvalue weighted by Gasteiger charge is -2.18. The van der Waals surface area contributed by atoms with E-state index in [0.29, 0.717) is 30.3 Å². The number of rotatable bonds is 7. The van der Waals surface area contributed by atoms with Crippen LogP contribution >= 0.6 is 0 Å². The van der Waals surface area contributed by atoms with Crippen molar-refractivity contribution in [3.63, 3.8) is 0 Å². The smallest absolute Gasteiger partial charge is 0.210 e. The van der Waals surface area contributed by atoms with Gasteiger partial charge in [0.15, 0.2) is 5.60 Å². The molecule has 0 fully saturated rings. The Kier molecular flexibility index (Phi) is 6.00. The summed E-state index contributed by atoms with van der Waals surface area (Å²) in [6.07, 6.45) is 0. The number of fused-ring (bicyclic) bond motifs is 1. The Hall–Kier alpha value is -4.12. The number of carbonyl (C=O) groups is 1. The molecular weight excluding hydrogens is 438 g/mol. The first kappa shape index (κ1) is 22.7. The standard InChI is InChI=1S/C30H27NO4/c1-4-33-24-17-12-22(13-18-24)28-27(29(32)30(2,3)35-28)21-10-15-25(16-11-21)34-19-23-14-9-20-7-5-6-8-26(20)31-23/h5-18H,4,19H2,1-3H3. The van der Waals surface area contributed by atoms with Crippen LogP contribution in [-0.4, -0.2) is 23.0 Å². The molecule has 0 atom stereocenters. The van der Waals surface area contributed by atoms with E-state index in [2.05, 4.69) is 4.98 Å². The number of ether oxygens (including phenoxy) is 3. The molecular formula is C30H27NO4. The van der Waals surface area contributed by atoms with Crippen molar-refractivity contribution in [3.8, 4) is 11.5 Å². The third-order valence-electron chi connectivity index (χ3n) is 5.97. The predicted octanol–water partition coefficient (Wildman–Crippen LogP) is 6.46. The van der Waals surface area contributed by atoms with Gasteiger partial charge in [-0.3, -0.25) is 4.79 Å². The fourth-order valence-corrected chi connectivity index (χ4v) is 4.16. The number of aromatic nitrogens is 1. The number of nitrogens with zero attached hydrogens (tertiary/aromatic N) is 1. The molecule has 0 saturated carbocycles. The zero-order valence-corrected chi connectivity index (χ0v) is 20.1. The second-order valence-electron chi connectivity index (χ2n) is 8.91. The van der Waals surface area contributed by atoms with Gasteiger partial charge in [0.1, 0.15) is 23.9 Å². The van der Waals surface area contributed by atoms with E-state index in [1.54, 1.807) is 13.8 Å². The molecule has 0 saturated heterocycles. The van der Waals surface area contributed by atoms with Crippen LogP contribution in [0.4, 0.5) is 0 Å². The third-order valence-corrected chi connectivity index (χ3v) is 5.97. The molecule has 1 aliphatic heterocycles. The summed E-state index contributed by atoms with van der Waals surface area (Å²) in [6.45, 7) is 6.50. The molecule has 0 unspecified atom stereocenters. The number of pyridine rings is 1. The quantitative estimate of drug-likeness (QED) is 0.314. The first-order chi connectivity index (χ1) is 16.9. The highest BCUT2D eigenvalue weighted by atomic mass is 16.5. The summed E-state index contributed by atoms with van der Waals surface area (Å²) in [5.74, 6) is 2.02. The highest BCUT2D eigenvalue weighted by molar-refractivity contribution is 6.32. The predicted molar refractivity (Wildman–Crippen MR) is 137 cm³/mol. The Balaban J connectivity index is 1.38. The molecule has 1 aromatic heterocycles. The lowest BCUT2D eigenvalue weighted by Crippen LogP contribution is -2.29. The molecule has 1 aliphatic rings. The largest absolute Gasteiger partial charge is 0.494 e. The van der Waals surface area contributed by atoms with Crippen molar-refractivity contribution in [2.45, 2.75) is 33.0 Å². The van der Waals surface area contributed by atoms with Crippen LogP contribution in [0.5, 0.6) is 11.5 Å². The summed E-state index contributed by atoms with van der Waals surface area (Å²) in [6, 6.07) is 27.2. The maximum absolute atomic E-state index is 13.2. The zero-order chi connectivity index (χ0) is 24.4. The first-order valence-electron chi connectivity index (χ1n) is 11.7. The topological polar surface area (TPSA) is 57.7 Å². The fraction of sp³-hybridized carbons (Fsp3) is 0.200. The van der Waals surface area contributed by atoms with E-state index in [-0.39, 0.29) is 5.78 Å². The Labute approximate surface area is 205 Å². The number of para-hydroxylation sites is 1. The maximum Gasteiger partial charge on any atom is 0.210 e. The van der Waals surface area contributed by atoms with Crippen molar-refractivity contribution in [3.05, 3.63) is 102 Å². The number of hydrogen-bond acceptors (Lipinski definition) is 5. The fourth-order valence-electron chi connectivity index (χ4n) is 4.16. The summed E-state index contributed by atoms with van der Waals surface area (Å²) < 4.78 is 17.6. The number of benzene rings is 3. The van der Waals surface area contributed by atoms with Gasteiger partial charge in [0, 0.05) is 10.9 Å². The molecule has 0 spiro atoms. The van der Waals surface area contributed by atoms with Crippen LogP contribution in [0.25, 0.3) is 22.2 Å². The third kappa shape index (κ3) is 4.62. The minimum atomic E-state index is -0.930. The van der Waals surface area contributed by atoms with Crippen LogP contribution in [0, 0.1) is 0 Å². The van der Waals surface area contributed by atoms with Gasteiger partial charge in [-0.1, -0.05) is 36.4 Å². The molecule has 5 heteroatoms. The van der Waals surface area contributed by atoms with Crippen molar-refractivity contribution in [1.29, 1.82) is 0 Å². The van der Waals surface area contributed by atoms with E-state index in [4.69, 9.17) is 14.2 Å². The molecule has 176 valence electrons. The van der Waals surface area contributed by atoms with Crippen LogP contribution in [0.1, 0.15) is 37.6 Å². The molecule has 0 radical (unpaired) electrons. The summed E-state index contributed by atoms with van der Waals surface area (Å²) in [5, 5.41) is 1.10. The molecule has 5 nitrogen and oxygen atoms in total. The molecule has 5 rings (SSSR count). The van der Waals surface area contributed by atoms with Gasteiger partial charge in [-0.2, -0.15) is 0 Å². The highest BCUT2D eigenvalue weighted by Crippen LogP contribution is 2.41. The van der Waals surface area contributed by atoms with Crippen molar-refractivity contribution in [2.24, 2.45) is 0 Å². The average Bonchev–Trinajstić information content (AvgIpc) is 3.12. The van der Waals surface area contributed by atoms with Crippen LogP contribution in [0.15, 0.2) is 84.9 Å². The molecule has 35 heavy (non-hydrogen) atoms. The molecule has 0 aliphatic carbocycles. The van der Waals surface area contributed by atoms with E-state index >= 15 is 0 Å². The van der Waals surface area contributed by atoms with Gasteiger partial charge in [-0.25, -0.2) is 4.98 Å². The second kappa shape index (κ2) is 9.26. The van der Waals surface area contributed by atoms with Gasteiger partial charge in [-0.15, -0.1) is 0 Å². The van der Waals surface area contributed by atoms with Gasteiger partial charge in [0.05, 0.1) is 23.4 Å². The number of carbonyl (C=O) groups excluding carboxylic acids is 1. The lowest BCUT2D eigenvalue weighted by molar-refractivity contribution is -0.125. The van der Waals surface area contributed by atoms with Crippen molar-refractivity contribution in [1.82, 2.24) is 4.98 Å². The van der Waals surface area contributed by atoms with E-state index in [9.17, 15) is 4.79 Å². The summed E-state index contributed by atoms with van der Waals surface area (Å²) in [5.41, 5.74) is 3.07. The lowest BCUT2D eigenvalue weighted by atomic mass is 9.92. The Bertz CT molecular complexity index is 1400. The molecule has 2 heterocycles. The van der Waals surface area contributed by atoms with E-state index in [0.717, 1.165) is 33.5 Å². The first-order valence-corrected chi connectivity index (χ1v) is 11.7. The van der Waals surface area contributed by atoms with Gasteiger partial charge < -0.3 is 14.2 Å². The molecule has 4 aromatic rings. The zero-order valence-electron chi connectivity index (χ0n) is 20.1. The van der Waals surface area contributed by atoms with Crippen LogP contribution in [-0.2, 0) is 16.1 Å². The highest BCUT2D eigenvalue weighted by Gasteiger charge is 2.42. The normalized spacial score (nSPS) is 14.8. The van der Waals surface area contributed by atoms with Gasteiger partial charge in [0.2, 0.25) is 5.78 Å². The second-order valence-corrected chi connectivity index (χ2v) is 8.91. The summed E-state index contributed by atoms with van der Waals surface area (Å²) >= 11 is 0. The van der Waals surface area contributed by atoms with Crippen LogP contribution < -0.4 is 9.47 Å². The van der Waals surface area contributed by atoms with Crippen LogP contribution in [0.3, 0.4) is 0 Å². The molecule has 0 N–H and O–H groups in total. The Morgan fingerprint density at radius 3 is 2.17 bits per heavy atom. The number of hydrogen-bond donors (Lipinski definition) is 0. The Morgan fingerprint density at radius 2 is 1.46 bits per heavy atom. The van der Waals surface area contributed by atoms with E-state index in [1.165, 1.54) is 0 Å². The maximum atomic E-state index is 13.2. The van der Waals surface area contributed by atoms with Crippen molar-refractivity contribution < 1.29 is 19.0 Å². The summed E-state index contributed by atoms with van der Waals surface area (Å²) in [4.78, 5) is 17.9. The minimum absolute atomic E-state index is 0.0459.